The maximum absolute atomic E-state index is 12.3. The monoisotopic (exact) mass is 309 g/mol. The molecule has 3 N–H and O–H groups in total. The van der Waals surface area contributed by atoms with Crippen molar-refractivity contribution in [1.82, 2.24) is 5.32 Å². The maximum Gasteiger partial charge on any atom is 0.189 e. The van der Waals surface area contributed by atoms with Crippen LogP contribution in [0.3, 0.4) is 0 Å². The van der Waals surface area contributed by atoms with Gasteiger partial charge in [0.15, 0.2) is 15.8 Å². The molecule has 21 heavy (non-hydrogen) atoms. The summed E-state index contributed by atoms with van der Waals surface area (Å²) in [7, 11) is -3.31. The Morgan fingerprint density at radius 3 is 2.52 bits per heavy atom. The Kier molecular flexibility index (Phi) is 4.88. The molecule has 1 aromatic carbocycles. The Labute approximate surface area is 126 Å². The third-order valence-electron chi connectivity index (χ3n) is 3.64. The molecule has 0 amide bonds. The number of nitrogens with one attached hydrogen (secondary N) is 1. The SMILES string of the molecule is Cc1ccc(S(=O)(=O)CC(C)NC(N)=NC2CCC2)cc1. The molecular weight excluding hydrogens is 286 g/mol. The predicted octanol–water partition coefficient (Wildman–Crippen LogP) is 1.61. The van der Waals surface area contributed by atoms with Crippen LogP contribution in [0, 0.1) is 6.92 Å². The Balaban J connectivity index is 1.95. The van der Waals surface area contributed by atoms with Gasteiger partial charge in [-0.05, 0) is 45.2 Å². The van der Waals surface area contributed by atoms with Crippen LogP contribution >= 0.6 is 0 Å². The number of hydrogen-bond donors (Lipinski definition) is 2. The van der Waals surface area contributed by atoms with Gasteiger partial charge in [-0.15, -0.1) is 0 Å². The Morgan fingerprint density at radius 1 is 1.38 bits per heavy atom. The van der Waals surface area contributed by atoms with Gasteiger partial charge in [-0.1, -0.05) is 17.7 Å². The highest BCUT2D eigenvalue weighted by Gasteiger charge is 2.20. The fourth-order valence-electron chi connectivity index (χ4n) is 2.21. The topological polar surface area (TPSA) is 84.5 Å². The molecule has 0 spiro atoms. The number of rotatable bonds is 5. The third-order valence-corrected chi connectivity index (χ3v) is 5.57. The number of aryl methyl sites for hydroxylation is 1. The molecule has 0 aliphatic heterocycles. The number of nitrogens with two attached hydrogens (primary N) is 1. The summed E-state index contributed by atoms with van der Waals surface area (Å²) in [5, 5.41) is 2.96. The minimum absolute atomic E-state index is 0.00303. The van der Waals surface area contributed by atoms with E-state index in [1.807, 2.05) is 6.92 Å². The molecule has 116 valence electrons. The molecule has 0 bridgehead atoms. The first-order valence-electron chi connectivity index (χ1n) is 7.26. The zero-order valence-electron chi connectivity index (χ0n) is 12.5. The summed E-state index contributed by atoms with van der Waals surface area (Å²) in [5.74, 6) is 0.336. The number of benzene rings is 1. The zero-order chi connectivity index (χ0) is 15.5. The molecule has 6 heteroatoms. The first kappa shape index (κ1) is 15.8. The van der Waals surface area contributed by atoms with E-state index in [1.165, 1.54) is 6.42 Å². The smallest absolute Gasteiger partial charge is 0.189 e. The number of sulfone groups is 1. The summed E-state index contributed by atoms with van der Waals surface area (Å²) in [6.07, 6.45) is 3.33. The molecule has 5 nitrogen and oxygen atoms in total. The van der Waals surface area contributed by atoms with Crippen LogP contribution in [0.2, 0.25) is 0 Å². The summed E-state index contributed by atoms with van der Waals surface area (Å²) in [5.41, 5.74) is 6.85. The van der Waals surface area contributed by atoms with Crippen LogP contribution in [0.15, 0.2) is 34.2 Å². The molecule has 2 rings (SSSR count). The average molecular weight is 309 g/mol. The van der Waals surface area contributed by atoms with E-state index in [4.69, 9.17) is 5.73 Å². The van der Waals surface area contributed by atoms with Crippen molar-refractivity contribution in [1.29, 1.82) is 0 Å². The lowest BCUT2D eigenvalue weighted by molar-refractivity contribution is 0.418. The van der Waals surface area contributed by atoms with Crippen molar-refractivity contribution in [2.45, 2.75) is 50.1 Å². The lowest BCUT2D eigenvalue weighted by Gasteiger charge is -2.22. The van der Waals surface area contributed by atoms with Gasteiger partial charge in [0.1, 0.15) is 0 Å². The van der Waals surface area contributed by atoms with Crippen LogP contribution in [0.5, 0.6) is 0 Å². The predicted molar refractivity (Wildman–Crippen MR) is 85.1 cm³/mol. The first-order valence-corrected chi connectivity index (χ1v) is 8.91. The molecule has 1 aliphatic rings. The van der Waals surface area contributed by atoms with Gasteiger partial charge in [0.25, 0.3) is 0 Å². The number of aliphatic imine (C=N–C) groups is 1. The van der Waals surface area contributed by atoms with E-state index in [2.05, 4.69) is 10.3 Å². The van der Waals surface area contributed by atoms with E-state index in [0.717, 1.165) is 18.4 Å². The maximum atomic E-state index is 12.3. The largest absolute Gasteiger partial charge is 0.370 e. The minimum Gasteiger partial charge on any atom is -0.370 e. The van der Waals surface area contributed by atoms with Gasteiger partial charge >= 0.3 is 0 Å². The minimum atomic E-state index is -3.31. The molecule has 0 radical (unpaired) electrons. The number of nitrogens with zero attached hydrogens (tertiary/aromatic N) is 1. The molecule has 1 fully saturated rings. The van der Waals surface area contributed by atoms with Gasteiger partial charge in [0.05, 0.1) is 16.7 Å². The van der Waals surface area contributed by atoms with Gasteiger partial charge in [-0.25, -0.2) is 8.42 Å². The highest BCUT2D eigenvalue weighted by Crippen LogP contribution is 2.21. The van der Waals surface area contributed by atoms with E-state index in [0.29, 0.717) is 16.9 Å². The second-order valence-electron chi connectivity index (χ2n) is 5.74. The van der Waals surface area contributed by atoms with Crippen LogP contribution in [0.25, 0.3) is 0 Å². The van der Waals surface area contributed by atoms with Crippen LogP contribution in [-0.2, 0) is 9.84 Å². The molecule has 0 aromatic heterocycles. The molecule has 1 unspecified atom stereocenters. The van der Waals surface area contributed by atoms with Crippen molar-refractivity contribution in [3.05, 3.63) is 29.8 Å². The van der Waals surface area contributed by atoms with Crippen LogP contribution in [0.4, 0.5) is 0 Å². The summed E-state index contributed by atoms with van der Waals surface area (Å²) in [4.78, 5) is 4.67. The van der Waals surface area contributed by atoms with Gasteiger partial charge in [0, 0.05) is 6.04 Å². The van der Waals surface area contributed by atoms with E-state index in [9.17, 15) is 8.42 Å². The lowest BCUT2D eigenvalue weighted by Crippen LogP contribution is -2.43. The lowest BCUT2D eigenvalue weighted by atomic mass is 9.94. The first-order chi connectivity index (χ1) is 9.87. The summed E-state index contributed by atoms with van der Waals surface area (Å²) in [6.45, 7) is 3.73. The normalized spacial score (nSPS) is 18.1. The fraction of sp³-hybridized carbons (Fsp3) is 0.533. The molecule has 0 heterocycles. The molecule has 1 saturated carbocycles. The molecule has 1 aliphatic carbocycles. The van der Waals surface area contributed by atoms with E-state index in [1.54, 1.807) is 31.2 Å². The average Bonchev–Trinajstić information content (AvgIpc) is 2.33. The van der Waals surface area contributed by atoms with E-state index in [-0.39, 0.29) is 11.8 Å². The highest BCUT2D eigenvalue weighted by atomic mass is 32.2. The molecule has 0 saturated heterocycles. The summed E-state index contributed by atoms with van der Waals surface area (Å²) < 4.78 is 24.6. The van der Waals surface area contributed by atoms with Gasteiger partial charge in [0.2, 0.25) is 0 Å². The third kappa shape index (κ3) is 4.46. The summed E-state index contributed by atoms with van der Waals surface area (Å²) >= 11 is 0. The zero-order valence-corrected chi connectivity index (χ0v) is 13.4. The van der Waals surface area contributed by atoms with Crippen LogP contribution in [-0.4, -0.2) is 32.2 Å². The van der Waals surface area contributed by atoms with Crippen molar-refractivity contribution in [3.63, 3.8) is 0 Å². The van der Waals surface area contributed by atoms with Crippen molar-refractivity contribution >= 4 is 15.8 Å². The van der Waals surface area contributed by atoms with E-state index >= 15 is 0 Å². The van der Waals surface area contributed by atoms with Crippen molar-refractivity contribution in [3.8, 4) is 0 Å². The molecular formula is C15H23N3O2S. The number of hydrogen-bond acceptors (Lipinski definition) is 3. The summed E-state index contributed by atoms with van der Waals surface area (Å²) in [6, 6.07) is 6.92. The second-order valence-corrected chi connectivity index (χ2v) is 7.77. The quantitative estimate of drug-likeness (QED) is 0.639. The van der Waals surface area contributed by atoms with Crippen molar-refractivity contribution in [2.75, 3.05) is 5.75 Å². The van der Waals surface area contributed by atoms with Gasteiger partial charge < -0.3 is 11.1 Å². The molecule has 1 aromatic rings. The highest BCUT2D eigenvalue weighted by molar-refractivity contribution is 7.91. The van der Waals surface area contributed by atoms with Crippen molar-refractivity contribution < 1.29 is 8.42 Å². The van der Waals surface area contributed by atoms with Crippen molar-refractivity contribution in [2.24, 2.45) is 10.7 Å². The van der Waals surface area contributed by atoms with Crippen LogP contribution in [0.1, 0.15) is 31.7 Å². The van der Waals surface area contributed by atoms with E-state index < -0.39 is 9.84 Å². The molecule has 1 atom stereocenters. The Morgan fingerprint density at radius 2 is 2.00 bits per heavy atom. The fourth-order valence-corrected chi connectivity index (χ4v) is 3.70. The Hall–Kier alpha value is -1.56. The standard InChI is InChI=1S/C15H23N3O2S/c1-11-6-8-14(9-7-11)21(19,20)10-12(2)17-15(16)18-13-4-3-5-13/h6-9,12-13H,3-5,10H2,1-2H3,(H3,16,17,18). The Bertz CT molecular complexity index is 604. The van der Waals surface area contributed by atoms with Gasteiger partial charge in [-0.3, -0.25) is 4.99 Å². The second kappa shape index (κ2) is 6.47. The van der Waals surface area contributed by atoms with Gasteiger partial charge in [-0.2, -0.15) is 0 Å². The number of guanidine groups is 1. The van der Waals surface area contributed by atoms with Crippen LogP contribution < -0.4 is 11.1 Å².